The molecule has 0 saturated heterocycles. The molecule has 0 radical (unpaired) electrons. The molecule has 0 saturated carbocycles. The lowest BCUT2D eigenvalue weighted by atomic mass is 10.3. The van der Waals surface area contributed by atoms with Gasteiger partial charge in [-0.05, 0) is 12.1 Å². The van der Waals surface area contributed by atoms with Crippen molar-refractivity contribution < 1.29 is 9.94 Å². The SMILES string of the molecule is OCC1C=CCN(c2ccccc2)O1. The van der Waals surface area contributed by atoms with E-state index < -0.39 is 0 Å². The van der Waals surface area contributed by atoms with Crippen LogP contribution in [0.2, 0.25) is 0 Å². The first-order chi connectivity index (χ1) is 6.90. The number of rotatable bonds is 2. The Morgan fingerprint density at radius 1 is 1.36 bits per heavy atom. The van der Waals surface area contributed by atoms with Crippen molar-refractivity contribution in [2.24, 2.45) is 0 Å². The van der Waals surface area contributed by atoms with E-state index in [1.807, 2.05) is 42.5 Å². The molecule has 0 aromatic heterocycles. The first-order valence-electron chi connectivity index (χ1n) is 4.67. The molecular formula is C11H13NO2. The first kappa shape index (κ1) is 9.24. The molecule has 2 rings (SSSR count). The van der Waals surface area contributed by atoms with Crippen molar-refractivity contribution >= 4 is 5.69 Å². The fourth-order valence-electron chi connectivity index (χ4n) is 1.40. The van der Waals surface area contributed by atoms with E-state index in [4.69, 9.17) is 9.94 Å². The maximum Gasteiger partial charge on any atom is 0.127 e. The van der Waals surface area contributed by atoms with Crippen molar-refractivity contribution in [1.29, 1.82) is 0 Å². The van der Waals surface area contributed by atoms with Crippen LogP contribution in [0.4, 0.5) is 5.69 Å². The molecule has 0 aliphatic carbocycles. The third-order valence-corrected chi connectivity index (χ3v) is 2.11. The van der Waals surface area contributed by atoms with Crippen LogP contribution >= 0.6 is 0 Å². The van der Waals surface area contributed by atoms with Gasteiger partial charge in [-0.2, -0.15) is 0 Å². The summed E-state index contributed by atoms with van der Waals surface area (Å²) in [6.07, 6.45) is 3.65. The predicted molar refractivity (Wildman–Crippen MR) is 54.9 cm³/mol. The van der Waals surface area contributed by atoms with Gasteiger partial charge in [-0.3, -0.25) is 4.84 Å². The number of hydrogen-bond acceptors (Lipinski definition) is 3. The molecule has 1 aromatic rings. The Bertz CT molecular complexity index is 310. The minimum Gasteiger partial charge on any atom is -0.393 e. The van der Waals surface area contributed by atoms with Crippen molar-refractivity contribution in [3.05, 3.63) is 42.5 Å². The zero-order chi connectivity index (χ0) is 9.80. The van der Waals surface area contributed by atoms with Gasteiger partial charge in [0.05, 0.1) is 18.8 Å². The number of para-hydroxylation sites is 1. The highest BCUT2D eigenvalue weighted by molar-refractivity contribution is 5.44. The highest BCUT2D eigenvalue weighted by atomic mass is 16.7. The van der Waals surface area contributed by atoms with Crippen molar-refractivity contribution in [3.8, 4) is 0 Å². The fraction of sp³-hybridized carbons (Fsp3) is 0.273. The lowest BCUT2D eigenvalue weighted by Gasteiger charge is -2.29. The van der Waals surface area contributed by atoms with E-state index in [1.165, 1.54) is 0 Å². The highest BCUT2D eigenvalue weighted by Gasteiger charge is 2.15. The average molecular weight is 191 g/mol. The molecule has 3 nitrogen and oxygen atoms in total. The van der Waals surface area contributed by atoms with E-state index >= 15 is 0 Å². The number of aliphatic hydroxyl groups excluding tert-OH is 1. The third-order valence-electron chi connectivity index (χ3n) is 2.11. The van der Waals surface area contributed by atoms with Crippen molar-refractivity contribution in [1.82, 2.24) is 0 Å². The quantitative estimate of drug-likeness (QED) is 0.716. The number of aliphatic hydroxyl groups is 1. The van der Waals surface area contributed by atoms with E-state index in [1.54, 1.807) is 5.06 Å². The van der Waals surface area contributed by atoms with Crippen LogP contribution in [0.15, 0.2) is 42.5 Å². The zero-order valence-corrected chi connectivity index (χ0v) is 7.84. The summed E-state index contributed by atoms with van der Waals surface area (Å²) in [5.41, 5.74) is 1.01. The van der Waals surface area contributed by atoms with E-state index in [9.17, 15) is 0 Å². The van der Waals surface area contributed by atoms with Gasteiger partial charge in [0.15, 0.2) is 0 Å². The molecule has 1 N–H and O–H groups in total. The molecular weight excluding hydrogens is 178 g/mol. The number of benzene rings is 1. The van der Waals surface area contributed by atoms with Crippen LogP contribution in [-0.2, 0) is 4.84 Å². The summed E-state index contributed by atoms with van der Waals surface area (Å²) in [6.45, 7) is 0.736. The molecule has 0 bridgehead atoms. The Kier molecular flexibility index (Phi) is 2.81. The maximum absolute atomic E-state index is 8.95. The summed E-state index contributed by atoms with van der Waals surface area (Å²) in [7, 11) is 0. The molecule has 1 aromatic carbocycles. The Morgan fingerprint density at radius 3 is 2.86 bits per heavy atom. The van der Waals surface area contributed by atoms with Gasteiger partial charge in [-0.1, -0.05) is 30.4 Å². The molecule has 1 atom stereocenters. The number of hydrogen-bond donors (Lipinski definition) is 1. The van der Waals surface area contributed by atoms with Gasteiger partial charge in [0.2, 0.25) is 0 Å². The van der Waals surface area contributed by atoms with E-state index in [0.717, 1.165) is 12.2 Å². The largest absolute Gasteiger partial charge is 0.393 e. The van der Waals surface area contributed by atoms with Crippen molar-refractivity contribution in [3.63, 3.8) is 0 Å². The standard InChI is InChI=1S/C11H13NO2/c13-9-11-7-4-8-12(14-11)10-5-2-1-3-6-10/h1-7,11,13H,8-9H2. The van der Waals surface area contributed by atoms with Crippen LogP contribution in [-0.4, -0.2) is 24.4 Å². The van der Waals surface area contributed by atoms with Crippen LogP contribution < -0.4 is 5.06 Å². The molecule has 0 fully saturated rings. The molecule has 14 heavy (non-hydrogen) atoms. The highest BCUT2D eigenvalue weighted by Crippen LogP contribution is 2.17. The normalized spacial score (nSPS) is 21.2. The Labute approximate surface area is 83.2 Å². The molecule has 3 heteroatoms. The lowest BCUT2D eigenvalue weighted by molar-refractivity contribution is 0.0221. The summed E-state index contributed by atoms with van der Waals surface area (Å²) in [5, 5.41) is 10.7. The maximum atomic E-state index is 8.95. The second-order valence-corrected chi connectivity index (χ2v) is 3.15. The molecule has 1 unspecified atom stereocenters. The third kappa shape index (κ3) is 1.95. The number of anilines is 1. The van der Waals surface area contributed by atoms with Gasteiger partial charge in [-0.25, -0.2) is 5.06 Å². The van der Waals surface area contributed by atoms with Crippen LogP contribution in [0.3, 0.4) is 0 Å². The first-order valence-corrected chi connectivity index (χ1v) is 4.67. The van der Waals surface area contributed by atoms with Gasteiger partial charge in [0.25, 0.3) is 0 Å². The summed E-state index contributed by atoms with van der Waals surface area (Å²) >= 11 is 0. The number of hydroxylamine groups is 1. The van der Waals surface area contributed by atoms with Crippen LogP contribution in [0.1, 0.15) is 0 Å². The summed E-state index contributed by atoms with van der Waals surface area (Å²) in [6, 6.07) is 9.85. The summed E-state index contributed by atoms with van der Waals surface area (Å²) in [4.78, 5) is 5.52. The van der Waals surface area contributed by atoms with Crippen LogP contribution in [0, 0.1) is 0 Å². The van der Waals surface area contributed by atoms with E-state index in [2.05, 4.69) is 0 Å². The Balaban J connectivity index is 2.10. The fourth-order valence-corrected chi connectivity index (χ4v) is 1.40. The van der Waals surface area contributed by atoms with E-state index in [0.29, 0.717) is 0 Å². The smallest absolute Gasteiger partial charge is 0.127 e. The van der Waals surface area contributed by atoms with Crippen LogP contribution in [0.25, 0.3) is 0 Å². The Hall–Kier alpha value is -1.32. The van der Waals surface area contributed by atoms with Crippen molar-refractivity contribution in [2.75, 3.05) is 18.2 Å². The molecule has 74 valence electrons. The average Bonchev–Trinajstić information content (AvgIpc) is 2.30. The minimum atomic E-state index is -0.219. The number of nitrogens with zero attached hydrogens (tertiary/aromatic N) is 1. The van der Waals surface area contributed by atoms with Gasteiger partial charge >= 0.3 is 0 Å². The van der Waals surface area contributed by atoms with Gasteiger partial charge in [0, 0.05) is 0 Å². The monoisotopic (exact) mass is 191 g/mol. The minimum absolute atomic E-state index is 0.0137. The van der Waals surface area contributed by atoms with Crippen molar-refractivity contribution in [2.45, 2.75) is 6.10 Å². The predicted octanol–water partition coefficient (Wildman–Crippen LogP) is 1.36. The second kappa shape index (κ2) is 4.26. The Morgan fingerprint density at radius 2 is 2.14 bits per heavy atom. The lowest BCUT2D eigenvalue weighted by Crippen LogP contribution is -2.34. The molecule has 1 heterocycles. The molecule has 1 aliphatic rings. The summed E-state index contributed by atoms with van der Waals surface area (Å²) < 4.78 is 0. The molecule has 0 spiro atoms. The van der Waals surface area contributed by atoms with E-state index in [-0.39, 0.29) is 12.7 Å². The van der Waals surface area contributed by atoms with Crippen LogP contribution in [0.5, 0.6) is 0 Å². The topological polar surface area (TPSA) is 32.7 Å². The van der Waals surface area contributed by atoms with Gasteiger partial charge < -0.3 is 5.11 Å². The second-order valence-electron chi connectivity index (χ2n) is 3.15. The summed E-state index contributed by atoms with van der Waals surface area (Å²) in [5.74, 6) is 0. The van der Waals surface area contributed by atoms with Gasteiger partial charge in [-0.15, -0.1) is 0 Å². The van der Waals surface area contributed by atoms with Gasteiger partial charge in [0.1, 0.15) is 6.10 Å². The molecule has 0 amide bonds. The molecule has 1 aliphatic heterocycles. The zero-order valence-electron chi connectivity index (χ0n) is 7.84.